The number of benzene rings is 9. The van der Waals surface area contributed by atoms with Crippen LogP contribution in [0, 0.1) is 31.8 Å². The molecule has 0 spiro atoms. The first-order chi connectivity index (χ1) is 32.9. The molecule has 6 heteroatoms. The minimum atomic E-state index is 0.493. The van der Waals surface area contributed by atoms with Gasteiger partial charge in [0.1, 0.15) is 0 Å². The van der Waals surface area contributed by atoms with Gasteiger partial charge in [-0.15, -0.1) is 0 Å². The predicted octanol–water partition coefficient (Wildman–Crippen LogP) is 15.7. The van der Waals surface area contributed by atoms with Gasteiger partial charge < -0.3 is 4.57 Å². The van der Waals surface area contributed by atoms with E-state index in [1.807, 2.05) is 97.1 Å². The van der Waals surface area contributed by atoms with Gasteiger partial charge in [0.25, 0.3) is 0 Å². The van der Waals surface area contributed by atoms with Crippen molar-refractivity contribution in [2.45, 2.75) is 13.8 Å². The highest BCUT2D eigenvalue weighted by molar-refractivity contribution is 6.13. The monoisotopic (exact) mass is 856 g/mol. The van der Waals surface area contributed by atoms with Crippen LogP contribution in [0.2, 0.25) is 0 Å². The third kappa shape index (κ3) is 7.69. The molecule has 0 saturated carbocycles. The molecule has 0 aliphatic rings. The summed E-state index contributed by atoms with van der Waals surface area (Å²) >= 11 is 0. The molecule has 0 saturated heterocycles. The fourth-order valence-corrected chi connectivity index (χ4v) is 9.00. The molecule has 0 amide bonds. The number of aromatic nitrogens is 4. The molecule has 2 aromatic heterocycles. The molecule has 0 N–H and O–H groups in total. The Morgan fingerprint density at radius 1 is 0.418 bits per heavy atom. The molecule has 0 atom stereocenters. The summed E-state index contributed by atoms with van der Waals surface area (Å²) in [4.78, 5) is 19.3. The molecular formula is C61H40N6. The Hall–Kier alpha value is -9.23. The van der Waals surface area contributed by atoms with Crippen LogP contribution in [-0.4, -0.2) is 19.5 Å². The highest BCUT2D eigenvalue weighted by Gasteiger charge is 2.24. The lowest BCUT2D eigenvalue weighted by Crippen LogP contribution is -2.04. The summed E-state index contributed by atoms with van der Waals surface area (Å²) in [6, 6.07) is 73.0. The van der Waals surface area contributed by atoms with E-state index in [9.17, 15) is 5.26 Å². The smallest absolute Gasteiger partial charge is 0.187 e. The second kappa shape index (κ2) is 17.0. The molecule has 0 aliphatic carbocycles. The third-order valence-corrected chi connectivity index (χ3v) is 12.4. The van der Waals surface area contributed by atoms with Crippen LogP contribution in [0.1, 0.15) is 16.7 Å². The summed E-state index contributed by atoms with van der Waals surface area (Å²) in [5.74, 6) is 1.59. The maximum Gasteiger partial charge on any atom is 0.187 e. The summed E-state index contributed by atoms with van der Waals surface area (Å²) < 4.78 is 2.36. The molecule has 11 rings (SSSR count). The maximum absolute atomic E-state index is 10.3. The van der Waals surface area contributed by atoms with E-state index in [-0.39, 0.29) is 0 Å². The zero-order valence-corrected chi connectivity index (χ0v) is 36.8. The Morgan fingerprint density at radius 3 is 1.36 bits per heavy atom. The summed E-state index contributed by atoms with van der Waals surface area (Å²) in [5, 5.41) is 12.5. The molecule has 0 unspecified atom stereocenters. The van der Waals surface area contributed by atoms with E-state index in [1.165, 1.54) is 11.1 Å². The highest BCUT2D eigenvalue weighted by Crippen LogP contribution is 2.46. The van der Waals surface area contributed by atoms with Crippen molar-refractivity contribution in [2.75, 3.05) is 0 Å². The number of aryl methyl sites for hydroxylation is 2. The second-order valence-electron chi connectivity index (χ2n) is 16.8. The topological polar surface area (TPSA) is 71.8 Å². The Balaban J connectivity index is 1.26. The molecular weight excluding hydrogens is 817 g/mol. The van der Waals surface area contributed by atoms with Crippen LogP contribution >= 0.6 is 0 Å². The molecule has 11 aromatic rings. The lowest BCUT2D eigenvalue weighted by molar-refractivity contribution is 1.07. The SMILES string of the molecule is [C-]#[N+]c1cccc(-c2cc(-c3nc(-c4ccccc4)nc(-c4ccccc4)n3)cc(-c3cccc(C#N)c3)c2-n2c3ccc(-c4ccc(C)cc4)cc3c3cc(-c4ccc(C)cc4)ccc32)c1. The number of nitrogens with zero attached hydrogens (tertiary/aromatic N) is 6. The number of nitriles is 1. The Bertz CT molecular complexity index is 3520. The average Bonchev–Trinajstić information content (AvgIpc) is 3.71. The van der Waals surface area contributed by atoms with E-state index in [1.54, 1.807) is 0 Å². The van der Waals surface area contributed by atoms with Gasteiger partial charge in [0.15, 0.2) is 23.2 Å². The average molecular weight is 857 g/mol. The van der Waals surface area contributed by atoms with Crippen LogP contribution in [-0.2, 0) is 0 Å². The molecule has 0 bridgehead atoms. The molecule has 0 aliphatic heterocycles. The fourth-order valence-electron chi connectivity index (χ4n) is 9.00. The van der Waals surface area contributed by atoms with Crippen molar-refractivity contribution < 1.29 is 0 Å². The zero-order chi connectivity index (χ0) is 45.4. The zero-order valence-electron chi connectivity index (χ0n) is 36.8. The van der Waals surface area contributed by atoms with Crippen molar-refractivity contribution in [3.8, 4) is 90.4 Å². The lowest BCUT2D eigenvalue weighted by Gasteiger charge is -2.21. The van der Waals surface area contributed by atoms with Crippen LogP contribution in [0.5, 0.6) is 0 Å². The van der Waals surface area contributed by atoms with Crippen molar-refractivity contribution in [2.24, 2.45) is 0 Å². The van der Waals surface area contributed by atoms with Crippen LogP contribution in [0.15, 0.2) is 206 Å². The molecule has 0 fully saturated rings. The Morgan fingerprint density at radius 2 is 0.866 bits per heavy atom. The molecule has 9 aromatic carbocycles. The van der Waals surface area contributed by atoms with E-state index in [2.05, 4.69) is 139 Å². The minimum absolute atomic E-state index is 0.493. The Labute approximate surface area is 389 Å². The van der Waals surface area contributed by atoms with Gasteiger partial charge in [-0.1, -0.05) is 163 Å². The summed E-state index contributed by atoms with van der Waals surface area (Å²) in [5.41, 5.74) is 16.8. The third-order valence-electron chi connectivity index (χ3n) is 12.4. The van der Waals surface area contributed by atoms with E-state index >= 15 is 0 Å². The lowest BCUT2D eigenvalue weighted by atomic mass is 9.91. The van der Waals surface area contributed by atoms with Crippen molar-refractivity contribution in [3.63, 3.8) is 0 Å². The van der Waals surface area contributed by atoms with Gasteiger partial charge in [-0.3, -0.25) is 0 Å². The molecule has 314 valence electrons. The number of hydrogen-bond acceptors (Lipinski definition) is 4. The molecule has 6 nitrogen and oxygen atoms in total. The maximum atomic E-state index is 10.3. The van der Waals surface area contributed by atoms with Gasteiger partial charge in [0.2, 0.25) is 0 Å². The fraction of sp³-hybridized carbons (Fsp3) is 0.0328. The van der Waals surface area contributed by atoms with Crippen molar-refractivity contribution in [3.05, 3.63) is 234 Å². The largest absolute Gasteiger partial charge is 0.308 e. The quantitative estimate of drug-likeness (QED) is 0.143. The minimum Gasteiger partial charge on any atom is -0.308 e. The van der Waals surface area contributed by atoms with E-state index < -0.39 is 0 Å². The summed E-state index contributed by atoms with van der Waals surface area (Å²) in [6.45, 7) is 12.3. The van der Waals surface area contributed by atoms with E-state index in [0.717, 1.165) is 88.7 Å². The van der Waals surface area contributed by atoms with Gasteiger partial charge in [0.05, 0.1) is 34.9 Å². The van der Waals surface area contributed by atoms with Gasteiger partial charge in [0, 0.05) is 38.6 Å². The van der Waals surface area contributed by atoms with Gasteiger partial charge in [-0.25, -0.2) is 19.8 Å². The Kier molecular flexibility index (Phi) is 10.3. The van der Waals surface area contributed by atoms with E-state index in [4.69, 9.17) is 21.5 Å². The number of rotatable bonds is 8. The normalized spacial score (nSPS) is 11.1. The van der Waals surface area contributed by atoms with Gasteiger partial charge >= 0.3 is 0 Å². The number of hydrogen-bond donors (Lipinski definition) is 0. The molecule has 67 heavy (non-hydrogen) atoms. The second-order valence-corrected chi connectivity index (χ2v) is 16.8. The first kappa shape index (κ1) is 40.5. The number of fused-ring (bicyclic) bond motifs is 3. The van der Waals surface area contributed by atoms with E-state index in [0.29, 0.717) is 28.7 Å². The van der Waals surface area contributed by atoms with Crippen LogP contribution in [0.25, 0.3) is 111 Å². The first-order valence-electron chi connectivity index (χ1n) is 22.2. The predicted molar refractivity (Wildman–Crippen MR) is 273 cm³/mol. The first-order valence-corrected chi connectivity index (χ1v) is 22.2. The molecule has 2 heterocycles. The standard InChI is InChI=1S/C61H40N6/c1-39-20-24-42(25-21-39)46-28-30-56-54(34-46)55-35-47(43-26-22-40(2)23-27-43)29-31-57(55)67(56)58-52(48-17-10-12-41(32-48)38-62)36-50(37-53(58)49-18-11-19-51(33-49)63-3)61-65-59(44-13-6-4-7-14-44)64-60(66-61)45-15-8-5-9-16-45/h4-37H,1-2H3. The van der Waals surface area contributed by atoms with Crippen LogP contribution in [0.4, 0.5) is 5.69 Å². The van der Waals surface area contributed by atoms with Crippen LogP contribution in [0.3, 0.4) is 0 Å². The van der Waals surface area contributed by atoms with Gasteiger partial charge in [-0.2, -0.15) is 5.26 Å². The van der Waals surface area contributed by atoms with Crippen molar-refractivity contribution in [1.82, 2.24) is 19.5 Å². The van der Waals surface area contributed by atoms with Gasteiger partial charge in [-0.05, 0) is 102 Å². The van der Waals surface area contributed by atoms with Crippen molar-refractivity contribution in [1.29, 1.82) is 5.26 Å². The van der Waals surface area contributed by atoms with Crippen LogP contribution < -0.4 is 0 Å². The summed E-state index contributed by atoms with van der Waals surface area (Å²) in [7, 11) is 0. The summed E-state index contributed by atoms with van der Waals surface area (Å²) in [6.07, 6.45) is 0. The van der Waals surface area contributed by atoms with Crippen molar-refractivity contribution >= 4 is 27.5 Å². The highest BCUT2D eigenvalue weighted by atomic mass is 15.0. The molecule has 0 radical (unpaired) electrons.